The van der Waals surface area contributed by atoms with Crippen LogP contribution in [0.15, 0.2) is 10.6 Å². The highest BCUT2D eigenvalue weighted by Crippen LogP contribution is 2.39. The average molecular weight is 335 g/mol. The van der Waals surface area contributed by atoms with Gasteiger partial charge in [-0.15, -0.1) is 11.3 Å². The molecule has 0 aliphatic heterocycles. The molecule has 4 rings (SSSR count). The lowest BCUT2D eigenvalue weighted by molar-refractivity contribution is 0.373. The van der Waals surface area contributed by atoms with E-state index in [0.29, 0.717) is 11.7 Å². The summed E-state index contributed by atoms with van der Waals surface area (Å²) in [7, 11) is 3.99. The predicted octanol–water partition coefficient (Wildman–Crippen LogP) is 3.20. The van der Waals surface area contributed by atoms with Crippen LogP contribution in [0.2, 0.25) is 0 Å². The number of nitrogens with two attached hydrogens (primary N) is 1. The lowest BCUT2D eigenvalue weighted by Gasteiger charge is -2.17. The number of rotatable bonds is 3. The van der Waals surface area contributed by atoms with Crippen molar-refractivity contribution in [3.63, 3.8) is 0 Å². The van der Waals surface area contributed by atoms with Crippen molar-refractivity contribution in [2.75, 3.05) is 19.0 Å². The van der Waals surface area contributed by atoms with Crippen molar-refractivity contribution in [3.8, 4) is 10.8 Å². The smallest absolute Gasteiger partial charge is 0.268 e. The van der Waals surface area contributed by atoms with Crippen molar-refractivity contribution in [2.24, 2.45) is 5.73 Å². The first-order valence-electron chi connectivity index (χ1n) is 7.26. The number of nitrogens with zero attached hydrogens (tertiary/aromatic N) is 4. The van der Waals surface area contributed by atoms with Gasteiger partial charge in [-0.1, -0.05) is 29.3 Å². The minimum atomic E-state index is -0.410. The van der Waals surface area contributed by atoms with E-state index in [1.807, 2.05) is 19.0 Å². The monoisotopic (exact) mass is 335 g/mol. The second kappa shape index (κ2) is 5.00. The summed E-state index contributed by atoms with van der Waals surface area (Å²) in [4.78, 5) is 13.1. The normalized spacial score (nSPS) is 17.4. The van der Waals surface area contributed by atoms with Crippen LogP contribution < -0.4 is 10.6 Å². The molecule has 1 saturated carbocycles. The molecule has 0 unspecified atom stereocenters. The Kier molecular flexibility index (Phi) is 3.21. The van der Waals surface area contributed by atoms with Crippen molar-refractivity contribution in [2.45, 2.75) is 31.2 Å². The summed E-state index contributed by atoms with van der Waals surface area (Å²) < 4.78 is 6.59. The summed E-state index contributed by atoms with van der Waals surface area (Å²) in [5.41, 5.74) is 5.97. The molecule has 0 saturated heterocycles. The number of aromatic nitrogens is 3. The fourth-order valence-corrected chi connectivity index (χ4v) is 4.83. The van der Waals surface area contributed by atoms with Gasteiger partial charge < -0.3 is 15.2 Å². The standard InChI is InChI=1S/C14H17N5OS2/c1-19(2)13-17-11-9(22-13)7-8(21-11)10-16-12(18-20-10)14(15)5-3-4-6-14/h7H,3-6,15H2,1-2H3. The van der Waals surface area contributed by atoms with Gasteiger partial charge in [0.1, 0.15) is 4.83 Å². The third kappa shape index (κ3) is 2.22. The molecular weight excluding hydrogens is 318 g/mol. The summed E-state index contributed by atoms with van der Waals surface area (Å²) in [6, 6.07) is 2.07. The van der Waals surface area contributed by atoms with Gasteiger partial charge in [0.15, 0.2) is 11.0 Å². The zero-order chi connectivity index (χ0) is 15.3. The summed E-state index contributed by atoms with van der Waals surface area (Å²) in [5.74, 6) is 1.19. The zero-order valence-corrected chi connectivity index (χ0v) is 14.1. The second-order valence-corrected chi connectivity index (χ2v) is 8.00. The molecule has 0 aromatic carbocycles. The molecule has 1 aliphatic rings. The molecule has 0 spiro atoms. The number of thiophene rings is 1. The third-order valence-corrected chi connectivity index (χ3v) is 6.35. The fraction of sp³-hybridized carbons (Fsp3) is 0.500. The lowest BCUT2D eigenvalue weighted by atomic mass is 9.99. The number of thiazole rings is 1. The molecule has 1 fully saturated rings. The van der Waals surface area contributed by atoms with E-state index in [2.05, 4.69) is 21.2 Å². The maximum atomic E-state index is 6.38. The van der Waals surface area contributed by atoms with Gasteiger partial charge in [-0.05, 0) is 18.9 Å². The molecule has 0 bridgehead atoms. The first kappa shape index (κ1) is 14.1. The summed E-state index contributed by atoms with van der Waals surface area (Å²) in [6.45, 7) is 0. The van der Waals surface area contributed by atoms with E-state index in [9.17, 15) is 0 Å². The Morgan fingerprint density at radius 1 is 1.23 bits per heavy atom. The van der Waals surface area contributed by atoms with Gasteiger partial charge >= 0.3 is 0 Å². The Labute approximate surface area is 136 Å². The van der Waals surface area contributed by atoms with Crippen LogP contribution in [0.5, 0.6) is 0 Å². The summed E-state index contributed by atoms with van der Waals surface area (Å²) in [6.07, 6.45) is 4.12. The third-order valence-electron chi connectivity index (χ3n) is 4.04. The highest BCUT2D eigenvalue weighted by Gasteiger charge is 2.36. The predicted molar refractivity (Wildman–Crippen MR) is 89.4 cm³/mol. The number of anilines is 1. The van der Waals surface area contributed by atoms with Crippen molar-refractivity contribution < 1.29 is 4.52 Å². The molecule has 0 radical (unpaired) electrons. The topological polar surface area (TPSA) is 81.1 Å². The molecule has 1 aliphatic carbocycles. The molecule has 3 aromatic rings. The van der Waals surface area contributed by atoms with E-state index in [-0.39, 0.29) is 0 Å². The Morgan fingerprint density at radius 2 is 2.00 bits per heavy atom. The first-order chi connectivity index (χ1) is 10.5. The quantitative estimate of drug-likeness (QED) is 0.791. The van der Waals surface area contributed by atoms with Crippen molar-refractivity contribution >= 4 is 37.3 Å². The maximum absolute atomic E-state index is 6.38. The van der Waals surface area contributed by atoms with Crippen LogP contribution in [0, 0.1) is 0 Å². The Morgan fingerprint density at radius 3 is 2.68 bits per heavy atom. The minimum absolute atomic E-state index is 0.410. The van der Waals surface area contributed by atoms with Crippen LogP contribution in [-0.4, -0.2) is 29.2 Å². The molecular formula is C14H17N5OS2. The highest BCUT2D eigenvalue weighted by molar-refractivity contribution is 7.30. The molecule has 22 heavy (non-hydrogen) atoms. The largest absolute Gasteiger partial charge is 0.354 e. The van der Waals surface area contributed by atoms with Gasteiger partial charge in [-0.3, -0.25) is 0 Å². The van der Waals surface area contributed by atoms with E-state index in [1.165, 1.54) is 0 Å². The Hall–Kier alpha value is -1.51. The van der Waals surface area contributed by atoms with Crippen LogP contribution in [0.3, 0.4) is 0 Å². The molecule has 3 heterocycles. The number of hydrogen-bond acceptors (Lipinski definition) is 8. The van der Waals surface area contributed by atoms with Gasteiger partial charge in [0.2, 0.25) is 0 Å². The Balaban J connectivity index is 1.67. The van der Waals surface area contributed by atoms with Gasteiger partial charge in [0.05, 0.1) is 15.1 Å². The van der Waals surface area contributed by atoms with Gasteiger partial charge in [0, 0.05) is 14.1 Å². The van der Waals surface area contributed by atoms with Gasteiger partial charge in [0.25, 0.3) is 5.89 Å². The molecule has 3 aromatic heterocycles. The lowest BCUT2D eigenvalue weighted by Crippen LogP contribution is -2.34. The molecule has 116 valence electrons. The molecule has 8 heteroatoms. The van der Waals surface area contributed by atoms with Gasteiger partial charge in [-0.25, -0.2) is 4.98 Å². The Bertz CT molecular complexity index is 781. The minimum Gasteiger partial charge on any atom is -0.354 e. The summed E-state index contributed by atoms with van der Waals surface area (Å²) in [5, 5.41) is 5.12. The van der Waals surface area contributed by atoms with Crippen LogP contribution in [0.4, 0.5) is 5.13 Å². The van der Waals surface area contributed by atoms with Crippen LogP contribution >= 0.6 is 22.7 Å². The maximum Gasteiger partial charge on any atom is 0.268 e. The zero-order valence-electron chi connectivity index (χ0n) is 12.5. The molecule has 0 atom stereocenters. The van der Waals surface area contributed by atoms with E-state index in [1.54, 1.807) is 22.7 Å². The molecule has 2 N–H and O–H groups in total. The molecule has 0 amide bonds. The van der Waals surface area contributed by atoms with Crippen LogP contribution in [-0.2, 0) is 5.54 Å². The van der Waals surface area contributed by atoms with E-state index in [4.69, 9.17) is 10.3 Å². The molecule has 6 nitrogen and oxygen atoms in total. The fourth-order valence-electron chi connectivity index (χ4n) is 2.78. The first-order valence-corrected chi connectivity index (χ1v) is 8.90. The van der Waals surface area contributed by atoms with E-state index < -0.39 is 5.54 Å². The van der Waals surface area contributed by atoms with Crippen molar-refractivity contribution in [1.29, 1.82) is 0 Å². The van der Waals surface area contributed by atoms with Gasteiger partial charge in [-0.2, -0.15) is 4.98 Å². The SMILES string of the molecule is CN(C)c1nc2sc(-c3nc(C4(N)CCCC4)no3)cc2s1. The van der Waals surface area contributed by atoms with Crippen molar-refractivity contribution in [3.05, 3.63) is 11.9 Å². The van der Waals surface area contributed by atoms with E-state index in [0.717, 1.165) is 45.2 Å². The number of hydrogen-bond donors (Lipinski definition) is 1. The number of fused-ring (bicyclic) bond motifs is 1. The highest BCUT2D eigenvalue weighted by atomic mass is 32.1. The van der Waals surface area contributed by atoms with Crippen LogP contribution in [0.1, 0.15) is 31.5 Å². The summed E-state index contributed by atoms with van der Waals surface area (Å²) >= 11 is 3.24. The van der Waals surface area contributed by atoms with Crippen molar-refractivity contribution in [1.82, 2.24) is 15.1 Å². The van der Waals surface area contributed by atoms with E-state index >= 15 is 0 Å². The second-order valence-electron chi connectivity index (χ2n) is 5.96. The van der Waals surface area contributed by atoms with Crippen LogP contribution in [0.25, 0.3) is 20.3 Å². The average Bonchev–Trinajstić information content (AvgIpc) is 3.20.